The molecule has 2 rings (SSSR count). The normalized spacial score (nSPS) is 11.1. The Hall–Kier alpha value is -2.82. The molecule has 0 atom stereocenters. The van der Waals surface area contributed by atoms with Crippen LogP contribution in [0.2, 0.25) is 0 Å². The third-order valence-electron chi connectivity index (χ3n) is 2.49. The molecule has 0 aliphatic carbocycles. The molecule has 1 aromatic carbocycles. The van der Waals surface area contributed by atoms with E-state index in [2.05, 4.69) is 10.5 Å². The van der Waals surface area contributed by atoms with Crippen molar-refractivity contribution in [3.05, 3.63) is 60.1 Å². The Morgan fingerprint density at radius 3 is 2.90 bits per heavy atom. The molecule has 1 heterocycles. The summed E-state index contributed by atoms with van der Waals surface area (Å²) in [6.07, 6.45) is 6.45. The smallest absolute Gasteiger partial charge is 0.307 e. The predicted octanol–water partition coefficient (Wildman–Crippen LogP) is 2.72. The predicted molar refractivity (Wildman–Crippen MR) is 76.7 cm³/mol. The minimum absolute atomic E-state index is 0.218. The van der Waals surface area contributed by atoms with Gasteiger partial charge in [-0.1, -0.05) is 18.2 Å². The highest BCUT2D eigenvalue weighted by Gasteiger charge is 2.05. The molecule has 0 spiro atoms. The van der Waals surface area contributed by atoms with Crippen LogP contribution in [-0.2, 0) is 0 Å². The number of furan rings is 1. The van der Waals surface area contributed by atoms with Gasteiger partial charge in [0, 0.05) is 11.8 Å². The lowest BCUT2D eigenvalue weighted by atomic mass is 10.2. The zero-order valence-electron chi connectivity index (χ0n) is 10.9. The van der Waals surface area contributed by atoms with Crippen LogP contribution in [-0.4, -0.2) is 19.2 Å². The standard InChI is InChI=1S/C15H14N2O3/c1-19-13-8-3-2-6-12(13)7-4-10-16-17-15(18)14-9-5-11-20-14/h2-11H,1H3,(H,17,18)/b7-4-,16-10?. The fraction of sp³-hybridized carbons (Fsp3) is 0.0667. The number of nitrogens with one attached hydrogen (secondary N) is 1. The number of benzene rings is 1. The molecule has 0 saturated carbocycles. The molecule has 0 aliphatic rings. The number of allylic oxidation sites excluding steroid dienone is 1. The monoisotopic (exact) mass is 270 g/mol. The van der Waals surface area contributed by atoms with Crippen molar-refractivity contribution in [1.29, 1.82) is 0 Å². The van der Waals surface area contributed by atoms with Crippen LogP contribution in [0, 0.1) is 0 Å². The molecular weight excluding hydrogens is 256 g/mol. The molecule has 2 aromatic rings. The van der Waals surface area contributed by atoms with Crippen molar-refractivity contribution in [1.82, 2.24) is 5.43 Å². The first-order chi connectivity index (χ1) is 9.81. The summed E-state index contributed by atoms with van der Waals surface area (Å²) in [5, 5.41) is 3.79. The molecule has 1 amide bonds. The molecule has 0 saturated heterocycles. The van der Waals surface area contributed by atoms with Gasteiger partial charge in [0.15, 0.2) is 5.76 Å². The zero-order valence-corrected chi connectivity index (χ0v) is 10.9. The summed E-state index contributed by atoms with van der Waals surface area (Å²) in [5.41, 5.74) is 3.28. The Kier molecular flexibility index (Phi) is 4.72. The van der Waals surface area contributed by atoms with E-state index >= 15 is 0 Å². The molecule has 0 radical (unpaired) electrons. The third-order valence-corrected chi connectivity index (χ3v) is 2.49. The number of hydrazone groups is 1. The van der Waals surface area contributed by atoms with Gasteiger partial charge in [-0.2, -0.15) is 5.10 Å². The van der Waals surface area contributed by atoms with E-state index in [1.165, 1.54) is 12.5 Å². The second-order valence-corrected chi connectivity index (χ2v) is 3.80. The van der Waals surface area contributed by atoms with Gasteiger partial charge in [-0.3, -0.25) is 4.79 Å². The average molecular weight is 270 g/mol. The van der Waals surface area contributed by atoms with Crippen LogP contribution in [0.3, 0.4) is 0 Å². The largest absolute Gasteiger partial charge is 0.496 e. The third kappa shape index (κ3) is 3.58. The fourth-order valence-corrected chi connectivity index (χ4v) is 1.55. The molecule has 0 fully saturated rings. The van der Waals surface area contributed by atoms with E-state index in [0.717, 1.165) is 11.3 Å². The number of methoxy groups -OCH3 is 1. The Morgan fingerprint density at radius 2 is 2.15 bits per heavy atom. The summed E-state index contributed by atoms with van der Waals surface area (Å²) in [7, 11) is 1.62. The summed E-state index contributed by atoms with van der Waals surface area (Å²) in [4.78, 5) is 11.5. The van der Waals surface area contributed by atoms with Gasteiger partial charge in [0.25, 0.3) is 0 Å². The van der Waals surface area contributed by atoms with E-state index in [9.17, 15) is 4.79 Å². The van der Waals surface area contributed by atoms with Crippen LogP contribution in [0.25, 0.3) is 6.08 Å². The first-order valence-corrected chi connectivity index (χ1v) is 5.98. The Balaban J connectivity index is 1.90. The van der Waals surface area contributed by atoms with Crippen LogP contribution in [0.5, 0.6) is 5.75 Å². The van der Waals surface area contributed by atoms with Crippen LogP contribution < -0.4 is 10.2 Å². The molecule has 0 aliphatic heterocycles. The zero-order chi connectivity index (χ0) is 14.2. The van der Waals surface area contributed by atoms with Gasteiger partial charge in [0.2, 0.25) is 0 Å². The van der Waals surface area contributed by atoms with E-state index in [0.29, 0.717) is 0 Å². The summed E-state index contributed by atoms with van der Waals surface area (Å²) < 4.78 is 10.1. The first-order valence-electron chi connectivity index (χ1n) is 5.98. The van der Waals surface area contributed by atoms with Gasteiger partial charge in [-0.15, -0.1) is 0 Å². The number of hydrogen-bond acceptors (Lipinski definition) is 4. The average Bonchev–Trinajstić information content (AvgIpc) is 3.01. The second kappa shape index (κ2) is 6.94. The van der Waals surface area contributed by atoms with Gasteiger partial charge in [0.1, 0.15) is 5.75 Å². The van der Waals surface area contributed by atoms with Crippen molar-refractivity contribution in [2.24, 2.45) is 5.10 Å². The number of para-hydroxylation sites is 1. The Labute approximate surface area is 116 Å². The highest BCUT2D eigenvalue weighted by atomic mass is 16.5. The maximum absolute atomic E-state index is 11.5. The topological polar surface area (TPSA) is 63.8 Å². The summed E-state index contributed by atoms with van der Waals surface area (Å²) in [6, 6.07) is 10.8. The van der Waals surface area contributed by atoms with E-state index in [1.807, 2.05) is 30.3 Å². The van der Waals surface area contributed by atoms with Gasteiger partial charge in [-0.25, -0.2) is 5.43 Å². The van der Waals surface area contributed by atoms with Crippen molar-refractivity contribution in [2.75, 3.05) is 7.11 Å². The maximum atomic E-state index is 11.5. The van der Waals surface area contributed by atoms with Crippen LogP contribution in [0.4, 0.5) is 0 Å². The van der Waals surface area contributed by atoms with E-state index < -0.39 is 5.91 Å². The number of rotatable bonds is 5. The molecule has 5 heteroatoms. The summed E-state index contributed by atoms with van der Waals surface area (Å²) >= 11 is 0. The lowest BCUT2D eigenvalue weighted by molar-refractivity contribution is 0.0927. The van der Waals surface area contributed by atoms with Gasteiger partial charge < -0.3 is 9.15 Å². The molecule has 20 heavy (non-hydrogen) atoms. The molecule has 1 aromatic heterocycles. The van der Waals surface area contributed by atoms with Crippen LogP contribution in [0.1, 0.15) is 16.1 Å². The van der Waals surface area contributed by atoms with Gasteiger partial charge in [-0.05, 0) is 30.4 Å². The van der Waals surface area contributed by atoms with Crippen molar-refractivity contribution >= 4 is 18.2 Å². The molecule has 0 bridgehead atoms. The van der Waals surface area contributed by atoms with Gasteiger partial charge in [0.05, 0.1) is 13.4 Å². The van der Waals surface area contributed by atoms with Crippen LogP contribution >= 0.6 is 0 Å². The number of carbonyl (C=O) groups is 1. The highest BCUT2D eigenvalue weighted by Crippen LogP contribution is 2.18. The second-order valence-electron chi connectivity index (χ2n) is 3.80. The number of carbonyl (C=O) groups excluding carboxylic acids is 1. The van der Waals surface area contributed by atoms with Gasteiger partial charge >= 0.3 is 5.91 Å². The maximum Gasteiger partial charge on any atom is 0.307 e. The van der Waals surface area contributed by atoms with E-state index in [4.69, 9.17) is 9.15 Å². The van der Waals surface area contributed by atoms with Crippen molar-refractivity contribution < 1.29 is 13.9 Å². The SMILES string of the molecule is COc1ccccc1/C=C\C=NNC(=O)c1ccco1. The number of hydrogen-bond donors (Lipinski definition) is 1. The van der Waals surface area contributed by atoms with Crippen molar-refractivity contribution in [3.63, 3.8) is 0 Å². The van der Waals surface area contributed by atoms with Crippen molar-refractivity contribution in [3.8, 4) is 5.75 Å². The van der Waals surface area contributed by atoms with E-state index in [1.54, 1.807) is 25.3 Å². The minimum atomic E-state index is -0.392. The highest BCUT2D eigenvalue weighted by molar-refractivity contribution is 5.92. The Morgan fingerprint density at radius 1 is 1.30 bits per heavy atom. The molecular formula is C15H14N2O3. The van der Waals surface area contributed by atoms with Crippen LogP contribution in [0.15, 0.2) is 58.3 Å². The summed E-state index contributed by atoms with van der Waals surface area (Å²) in [5.74, 6) is 0.601. The summed E-state index contributed by atoms with van der Waals surface area (Å²) in [6.45, 7) is 0. The fourth-order valence-electron chi connectivity index (χ4n) is 1.55. The quantitative estimate of drug-likeness (QED) is 0.671. The molecule has 1 N–H and O–H groups in total. The lowest BCUT2D eigenvalue weighted by Crippen LogP contribution is -2.16. The molecule has 0 unspecified atom stereocenters. The molecule has 5 nitrogen and oxygen atoms in total. The lowest BCUT2D eigenvalue weighted by Gasteiger charge is -2.02. The number of ether oxygens (including phenoxy) is 1. The minimum Gasteiger partial charge on any atom is -0.496 e. The molecule has 102 valence electrons. The van der Waals surface area contributed by atoms with Crippen molar-refractivity contribution in [2.45, 2.75) is 0 Å². The Bertz CT molecular complexity index is 616. The number of nitrogens with zero attached hydrogens (tertiary/aromatic N) is 1. The van der Waals surface area contributed by atoms with E-state index in [-0.39, 0.29) is 5.76 Å². The first kappa shape index (κ1) is 13.6. The number of amides is 1.